The van der Waals surface area contributed by atoms with Crippen LogP contribution in [-0.4, -0.2) is 36.5 Å². The number of benzene rings is 1. The highest BCUT2D eigenvalue weighted by atomic mass is 16.6. The predicted octanol–water partition coefficient (Wildman–Crippen LogP) is 2.02. The Kier molecular flexibility index (Phi) is 3.53. The molecule has 6 nitrogen and oxygen atoms in total. The number of nitro groups is 1. The molecule has 1 aromatic rings. The van der Waals surface area contributed by atoms with Crippen molar-refractivity contribution in [1.82, 2.24) is 0 Å². The Bertz CT molecular complexity index is 513. The van der Waals surface area contributed by atoms with Gasteiger partial charge in [-0.25, -0.2) is 0 Å². The summed E-state index contributed by atoms with van der Waals surface area (Å²) >= 11 is 0. The highest BCUT2D eigenvalue weighted by Gasteiger charge is 2.31. The Morgan fingerprint density at radius 3 is 2.79 bits per heavy atom. The van der Waals surface area contributed by atoms with Crippen molar-refractivity contribution in [2.75, 3.05) is 24.7 Å². The molecular formula is C13H16N2O4. The number of hydrogen-bond acceptors (Lipinski definition) is 5. The maximum atomic E-state index is 11.0. The summed E-state index contributed by atoms with van der Waals surface area (Å²) in [4.78, 5) is 23.3. The van der Waals surface area contributed by atoms with Gasteiger partial charge in [-0.05, 0) is 26.0 Å². The minimum absolute atomic E-state index is 0.102. The number of hydrogen-bond donors (Lipinski definition) is 0. The second kappa shape index (κ2) is 4.97. The van der Waals surface area contributed by atoms with Gasteiger partial charge in [-0.1, -0.05) is 0 Å². The van der Waals surface area contributed by atoms with Crippen LogP contribution < -0.4 is 4.90 Å². The topological polar surface area (TPSA) is 72.7 Å². The van der Waals surface area contributed by atoms with Crippen LogP contribution in [0.3, 0.4) is 0 Å². The first-order valence-corrected chi connectivity index (χ1v) is 6.05. The van der Waals surface area contributed by atoms with Gasteiger partial charge in [0, 0.05) is 18.3 Å². The van der Waals surface area contributed by atoms with Gasteiger partial charge < -0.3 is 9.64 Å². The fraction of sp³-hybridized carbons (Fsp3) is 0.462. The molecule has 0 bridgehead atoms. The predicted molar refractivity (Wildman–Crippen MR) is 70.7 cm³/mol. The van der Waals surface area contributed by atoms with E-state index in [1.54, 1.807) is 12.1 Å². The first-order valence-electron chi connectivity index (χ1n) is 6.05. The van der Waals surface area contributed by atoms with E-state index in [0.29, 0.717) is 26.0 Å². The molecule has 0 unspecified atom stereocenters. The summed E-state index contributed by atoms with van der Waals surface area (Å²) in [6.45, 7) is 5.96. The monoisotopic (exact) mass is 264 g/mol. The molecule has 1 heterocycles. The van der Waals surface area contributed by atoms with Crippen LogP contribution in [-0.2, 0) is 4.74 Å². The van der Waals surface area contributed by atoms with Gasteiger partial charge in [0.2, 0.25) is 0 Å². The number of rotatable bonds is 3. The van der Waals surface area contributed by atoms with Gasteiger partial charge in [-0.3, -0.25) is 14.9 Å². The Hall–Kier alpha value is -1.95. The first kappa shape index (κ1) is 13.5. The molecule has 1 aliphatic rings. The quantitative estimate of drug-likeness (QED) is 0.474. The molecule has 6 heteroatoms. The lowest BCUT2D eigenvalue weighted by atomic mass is 10.0. The number of nitrogens with zero attached hydrogens (tertiary/aromatic N) is 2. The summed E-state index contributed by atoms with van der Waals surface area (Å²) in [6, 6.07) is 4.63. The number of carbonyl (C=O) groups is 1. The molecule has 1 aliphatic heterocycles. The van der Waals surface area contributed by atoms with Gasteiger partial charge in [-0.2, -0.15) is 0 Å². The molecule has 2 rings (SSSR count). The van der Waals surface area contributed by atoms with Crippen LogP contribution >= 0.6 is 0 Å². The third-order valence-corrected chi connectivity index (χ3v) is 3.29. The number of aldehydes is 1. The van der Waals surface area contributed by atoms with Crippen molar-refractivity contribution in [3.8, 4) is 0 Å². The molecule has 1 fully saturated rings. The van der Waals surface area contributed by atoms with E-state index in [2.05, 4.69) is 4.90 Å². The normalized spacial score (nSPS) is 18.1. The molecule has 102 valence electrons. The molecule has 0 N–H and O–H groups in total. The van der Waals surface area contributed by atoms with Gasteiger partial charge in [-0.15, -0.1) is 0 Å². The lowest BCUT2D eigenvalue weighted by molar-refractivity contribution is -0.385. The van der Waals surface area contributed by atoms with E-state index in [1.807, 2.05) is 13.8 Å². The van der Waals surface area contributed by atoms with E-state index in [1.165, 1.54) is 6.07 Å². The third-order valence-electron chi connectivity index (χ3n) is 3.29. The summed E-state index contributed by atoms with van der Waals surface area (Å²) in [5.74, 6) is 0. The largest absolute Gasteiger partial charge is 0.377 e. The van der Waals surface area contributed by atoms with Crippen molar-refractivity contribution in [1.29, 1.82) is 0 Å². The molecule has 0 radical (unpaired) electrons. The van der Waals surface area contributed by atoms with Crippen LogP contribution in [0.2, 0.25) is 0 Å². The van der Waals surface area contributed by atoms with Crippen LogP contribution in [0.15, 0.2) is 18.2 Å². The number of ether oxygens (including phenoxy) is 1. The van der Waals surface area contributed by atoms with E-state index in [0.717, 1.165) is 5.69 Å². The van der Waals surface area contributed by atoms with Crippen molar-refractivity contribution in [2.24, 2.45) is 0 Å². The third kappa shape index (κ3) is 2.58. The highest BCUT2D eigenvalue weighted by molar-refractivity contribution is 5.83. The fourth-order valence-corrected chi connectivity index (χ4v) is 2.31. The van der Waals surface area contributed by atoms with Crippen LogP contribution in [0.25, 0.3) is 0 Å². The second-order valence-corrected chi connectivity index (χ2v) is 5.13. The van der Waals surface area contributed by atoms with E-state index >= 15 is 0 Å². The van der Waals surface area contributed by atoms with Crippen molar-refractivity contribution in [3.63, 3.8) is 0 Å². The van der Waals surface area contributed by atoms with Gasteiger partial charge in [0.15, 0.2) is 6.29 Å². The van der Waals surface area contributed by atoms with Crippen LogP contribution in [0, 0.1) is 10.1 Å². The van der Waals surface area contributed by atoms with Crippen molar-refractivity contribution in [2.45, 2.75) is 19.4 Å². The van der Waals surface area contributed by atoms with Gasteiger partial charge in [0.05, 0.1) is 29.2 Å². The van der Waals surface area contributed by atoms with E-state index in [-0.39, 0.29) is 16.8 Å². The van der Waals surface area contributed by atoms with Crippen LogP contribution in [0.1, 0.15) is 24.2 Å². The zero-order valence-corrected chi connectivity index (χ0v) is 11.0. The molecule has 0 spiro atoms. The van der Waals surface area contributed by atoms with E-state index in [4.69, 9.17) is 4.74 Å². The maximum Gasteiger partial charge on any atom is 0.280 e. The Balaban J connectivity index is 2.40. The zero-order valence-electron chi connectivity index (χ0n) is 11.0. The lowest BCUT2D eigenvalue weighted by Crippen LogP contribution is -2.53. The summed E-state index contributed by atoms with van der Waals surface area (Å²) in [7, 11) is 0. The minimum atomic E-state index is -0.544. The fourth-order valence-electron chi connectivity index (χ4n) is 2.31. The Morgan fingerprint density at radius 1 is 1.47 bits per heavy atom. The maximum absolute atomic E-state index is 11.0. The lowest BCUT2D eigenvalue weighted by Gasteiger charge is -2.43. The molecule has 19 heavy (non-hydrogen) atoms. The average Bonchev–Trinajstić information content (AvgIpc) is 2.37. The molecular weight excluding hydrogens is 248 g/mol. The van der Waals surface area contributed by atoms with Gasteiger partial charge >= 0.3 is 0 Å². The molecule has 1 aromatic carbocycles. The zero-order chi connectivity index (χ0) is 14.0. The molecule has 0 amide bonds. The number of anilines is 1. The molecule has 0 saturated carbocycles. The second-order valence-electron chi connectivity index (χ2n) is 5.13. The summed E-state index contributed by atoms with van der Waals surface area (Å²) in [5.41, 5.74) is 0.546. The van der Waals surface area contributed by atoms with Crippen LogP contribution in [0.5, 0.6) is 0 Å². The van der Waals surface area contributed by atoms with E-state index in [9.17, 15) is 14.9 Å². The molecule has 0 aliphatic carbocycles. The first-order chi connectivity index (χ1) is 8.95. The highest BCUT2D eigenvalue weighted by Crippen LogP contribution is 2.30. The smallest absolute Gasteiger partial charge is 0.280 e. The number of morpholine rings is 1. The van der Waals surface area contributed by atoms with Crippen molar-refractivity contribution in [3.05, 3.63) is 33.9 Å². The summed E-state index contributed by atoms with van der Waals surface area (Å²) < 4.78 is 5.44. The molecule has 1 saturated heterocycles. The van der Waals surface area contributed by atoms with Crippen molar-refractivity contribution >= 4 is 17.7 Å². The number of nitro benzene ring substituents is 1. The standard InChI is InChI=1S/C13H16N2O4/c1-13(2)9-19-6-5-14(13)11-3-4-12(15(17)18)10(7-11)8-16/h3-4,7-8H,5-6,9H2,1-2H3. The summed E-state index contributed by atoms with van der Waals surface area (Å²) in [6.07, 6.45) is 0.523. The molecule has 0 aromatic heterocycles. The minimum Gasteiger partial charge on any atom is -0.377 e. The van der Waals surface area contributed by atoms with Crippen molar-refractivity contribution < 1.29 is 14.5 Å². The SMILES string of the molecule is CC1(C)COCCN1c1ccc([N+](=O)[O-])c(C=O)c1. The van der Waals surface area contributed by atoms with Gasteiger partial charge in [0.25, 0.3) is 5.69 Å². The van der Waals surface area contributed by atoms with E-state index < -0.39 is 4.92 Å². The van der Waals surface area contributed by atoms with Gasteiger partial charge in [0.1, 0.15) is 0 Å². The Labute approximate surface area is 111 Å². The number of carbonyl (C=O) groups excluding carboxylic acids is 1. The Morgan fingerprint density at radius 2 is 2.21 bits per heavy atom. The van der Waals surface area contributed by atoms with Crippen LogP contribution in [0.4, 0.5) is 11.4 Å². The average molecular weight is 264 g/mol. The summed E-state index contributed by atoms with van der Waals surface area (Å²) in [5, 5.41) is 10.8. The molecule has 0 atom stereocenters.